The van der Waals surface area contributed by atoms with Gasteiger partial charge < -0.3 is 10.6 Å². The van der Waals surface area contributed by atoms with Crippen LogP contribution < -0.4 is 10.6 Å². The van der Waals surface area contributed by atoms with Crippen LogP contribution >= 0.6 is 12.4 Å². The van der Waals surface area contributed by atoms with Crippen LogP contribution in [-0.2, 0) is 0 Å². The largest absolute Gasteiger partial charge is 0.352 e. The predicted molar refractivity (Wildman–Crippen MR) is 76.3 cm³/mol. The number of amides is 1. The van der Waals surface area contributed by atoms with Crippen molar-refractivity contribution in [3.8, 4) is 0 Å². The zero-order valence-corrected chi connectivity index (χ0v) is 11.9. The average molecular weight is 287 g/mol. The van der Waals surface area contributed by atoms with E-state index in [0.717, 1.165) is 31.5 Å². The molecule has 5 heteroatoms. The fourth-order valence-corrected chi connectivity index (χ4v) is 2.24. The molecule has 1 aliphatic heterocycles. The molecular weight excluding hydrogens is 267 g/mol. The number of piperidine rings is 1. The lowest BCUT2D eigenvalue weighted by Gasteiger charge is -2.22. The molecule has 1 fully saturated rings. The first-order valence-corrected chi connectivity index (χ1v) is 6.42. The van der Waals surface area contributed by atoms with Crippen LogP contribution in [0, 0.1) is 18.7 Å². The van der Waals surface area contributed by atoms with Gasteiger partial charge in [-0.1, -0.05) is 11.6 Å². The van der Waals surface area contributed by atoms with Gasteiger partial charge in [0.25, 0.3) is 5.91 Å². The average Bonchev–Trinajstić information content (AvgIpc) is 2.40. The zero-order valence-electron chi connectivity index (χ0n) is 11.0. The van der Waals surface area contributed by atoms with Crippen molar-refractivity contribution in [2.45, 2.75) is 19.8 Å². The molecule has 0 spiro atoms. The maximum atomic E-state index is 13.5. The van der Waals surface area contributed by atoms with Crippen molar-refractivity contribution < 1.29 is 9.18 Å². The van der Waals surface area contributed by atoms with Crippen molar-refractivity contribution in [1.29, 1.82) is 0 Å². The third-order valence-electron chi connectivity index (χ3n) is 3.32. The Morgan fingerprint density at radius 1 is 1.53 bits per heavy atom. The molecule has 0 radical (unpaired) electrons. The number of nitrogens with one attached hydrogen (secondary N) is 2. The zero-order chi connectivity index (χ0) is 13.0. The lowest BCUT2D eigenvalue weighted by molar-refractivity contribution is 0.0940. The van der Waals surface area contributed by atoms with Crippen molar-refractivity contribution in [2.24, 2.45) is 5.92 Å². The highest BCUT2D eigenvalue weighted by Gasteiger charge is 2.16. The van der Waals surface area contributed by atoms with Gasteiger partial charge in [-0.15, -0.1) is 12.4 Å². The van der Waals surface area contributed by atoms with Crippen LogP contribution in [0.25, 0.3) is 0 Å². The summed E-state index contributed by atoms with van der Waals surface area (Å²) in [5.41, 5.74) is 1.03. The number of hydrogen-bond donors (Lipinski definition) is 2. The van der Waals surface area contributed by atoms with Gasteiger partial charge in [0.15, 0.2) is 0 Å². The Labute approximate surface area is 119 Å². The molecule has 1 unspecified atom stereocenters. The third-order valence-corrected chi connectivity index (χ3v) is 3.32. The minimum atomic E-state index is -0.458. The molecule has 1 saturated heterocycles. The molecule has 2 rings (SSSR count). The number of halogens is 2. The van der Waals surface area contributed by atoms with Crippen LogP contribution in [0.4, 0.5) is 4.39 Å². The highest BCUT2D eigenvalue weighted by molar-refractivity contribution is 5.94. The summed E-state index contributed by atoms with van der Waals surface area (Å²) >= 11 is 0. The van der Waals surface area contributed by atoms with Crippen LogP contribution in [0.2, 0.25) is 0 Å². The Hall–Kier alpha value is -1.13. The monoisotopic (exact) mass is 286 g/mol. The van der Waals surface area contributed by atoms with Crippen molar-refractivity contribution in [3.63, 3.8) is 0 Å². The van der Waals surface area contributed by atoms with Gasteiger partial charge in [0.05, 0.1) is 5.56 Å². The van der Waals surface area contributed by atoms with Crippen LogP contribution in [0.1, 0.15) is 28.8 Å². The van der Waals surface area contributed by atoms with E-state index in [1.807, 2.05) is 6.92 Å². The normalized spacial score (nSPS) is 18.5. The van der Waals surface area contributed by atoms with Crippen molar-refractivity contribution >= 4 is 18.3 Å². The second-order valence-electron chi connectivity index (χ2n) is 4.91. The topological polar surface area (TPSA) is 41.1 Å². The molecule has 1 atom stereocenters. The highest BCUT2D eigenvalue weighted by atomic mass is 35.5. The van der Waals surface area contributed by atoms with Gasteiger partial charge in [-0.25, -0.2) is 4.39 Å². The van der Waals surface area contributed by atoms with Crippen LogP contribution in [0.3, 0.4) is 0 Å². The van der Waals surface area contributed by atoms with Crippen LogP contribution in [-0.4, -0.2) is 25.5 Å². The van der Waals surface area contributed by atoms with Gasteiger partial charge in [0, 0.05) is 6.54 Å². The van der Waals surface area contributed by atoms with Gasteiger partial charge in [-0.2, -0.15) is 0 Å². The van der Waals surface area contributed by atoms with Crippen LogP contribution in [0.15, 0.2) is 18.2 Å². The summed E-state index contributed by atoms with van der Waals surface area (Å²) in [5, 5.41) is 6.11. The molecule has 19 heavy (non-hydrogen) atoms. The van der Waals surface area contributed by atoms with E-state index in [4.69, 9.17) is 0 Å². The lowest BCUT2D eigenvalue weighted by atomic mass is 9.99. The lowest BCUT2D eigenvalue weighted by Crippen LogP contribution is -2.38. The summed E-state index contributed by atoms with van der Waals surface area (Å²) in [4.78, 5) is 11.9. The Morgan fingerprint density at radius 3 is 3.00 bits per heavy atom. The van der Waals surface area contributed by atoms with Gasteiger partial charge in [0.2, 0.25) is 0 Å². The minimum Gasteiger partial charge on any atom is -0.352 e. The van der Waals surface area contributed by atoms with Crippen molar-refractivity contribution in [1.82, 2.24) is 10.6 Å². The molecule has 0 aliphatic carbocycles. The summed E-state index contributed by atoms with van der Waals surface area (Å²) in [7, 11) is 0. The molecule has 2 N–H and O–H groups in total. The number of benzene rings is 1. The quantitative estimate of drug-likeness (QED) is 0.895. The van der Waals surface area contributed by atoms with E-state index in [9.17, 15) is 9.18 Å². The van der Waals surface area contributed by atoms with E-state index in [-0.39, 0.29) is 23.9 Å². The minimum absolute atomic E-state index is 0. The molecular formula is C14H20ClFN2O. The molecule has 1 aromatic rings. The van der Waals surface area contributed by atoms with E-state index < -0.39 is 5.82 Å². The molecule has 106 valence electrons. The van der Waals surface area contributed by atoms with Crippen LogP contribution in [0.5, 0.6) is 0 Å². The molecule has 0 bridgehead atoms. The number of carbonyl (C=O) groups is 1. The van der Waals surface area contributed by atoms with E-state index in [2.05, 4.69) is 10.6 Å². The predicted octanol–water partition coefficient (Wildman–Crippen LogP) is 2.29. The van der Waals surface area contributed by atoms with E-state index in [1.54, 1.807) is 12.1 Å². The molecule has 3 nitrogen and oxygen atoms in total. The van der Waals surface area contributed by atoms with Crippen molar-refractivity contribution in [2.75, 3.05) is 19.6 Å². The first kappa shape index (κ1) is 15.9. The summed E-state index contributed by atoms with van der Waals surface area (Å²) < 4.78 is 13.5. The second kappa shape index (κ2) is 7.46. The summed E-state index contributed by atoms with van der Waals surface area (Å²) in [6.45, 7) is 4.44. The maximum absolute atomic E-state index is 13.5. The van der Waals surface area contributed by atoms with Gasteiger partial charge in [-0.05, 0) is 50.9 Å². The SMILES string of the molecule is Cc1ccc(F)c(C(=O)NCC2CCCNC2)c1.Cl. The maximum Gasteiger partial charge on any atom is 0.254 e. The second-order valence-corrected chi connectivity index (χ2v) is 4.91. The molecule has 0 aromatic heterocycles. The Kier molecular flexibility index (Phi) is 6.25. The van der Waals surface area contributed by atoms with Crippen molar-refractivity contribution in [3.05, 3.63) is 35.1 Å². The third kappa shape index (κ3) is 4.48. The standard InChI is InChI=1S/C14H19FN2O.ClH/c1-10-4-5-13(15)12(7-10)14(18)17-9-11-3-2-6-16-8-11;/h4-5,7,11,16H,2-3,6,8-9H2,1H3,(H,17,18);1H. The highest BCUT2D eigenvalue weighted by Crippen LogP contribution is 2.11. The Balaban J connectivity index is 0.00000180. The summed E-state index contributed by atoms with van der Waals surface area (Å²) in [6, 6.07) is 4.59. The van der Waals surface area contributed by atoms with Gasteiger partial charge >= 0.3 is 0 Å². The van der Waals surface area contributed by atoms with E-state index >= 15 is 0 Å². The molecule has 1 aromatic carbocycles. The molecule has 1 amide bonds. The van der Waals surface area contributed by atoms with E-state index in [1.165, 1.54) is 6.07 Å². The van der Waals surface area contributed by atoms with Gasteiger partial charge in [-0.3, -0.25) is 4.79 Å². The molecule has 1 heterocycles. The number of carbonyl (C=O) groups excluding carboxylic acids is 1. The summed E-state index contributed by atoms with van der Waals surface area (Å²) in [5.74, 6) is -0.322. The number of hydrogen-bond acceptors (Lipinski definition) is 2. The smallest absolute Gasteiger partial charge is 0.254 e. The Morgan fingerprint density at radius 2 is 2.32 bits per heavy atom. The molecule has 1 aliphatic rings. The first-order chi connectivity index (χ1) is 8.66. The first-order valence-electron chi connectivity index (χ1n) is 6.42. The summed E-state index contributed by atoms with van der Waals surface area (Å²) in [6.07, 6.45) is 2.25. The number of rotatable bonds is 3. The Bertz CT molecular complexity index is 433. The van der Waals surface area contributed by atoms with Gasteiger partial charge in [0.1, 0.15) is 5.82 Å². The number of aryl methyl sites for hydroxylation is 1. The molecule has 0 saturated carbocycles. The van der Waals surface area contributed by atoms with E-state index in [0.29, 0.717) is 12.5 Å². The fraction of sp³-hybridized carbons (Fsp3) is 0.500. The fourth-order valence-electron chi connectivity index (χ4n) is 2.24.